The summed E-state index contributed by atoms with van der Waals surface area (Å²) in [5.41, 5.74) is 0.730. The summed E-state index contributed by atoms with van der Waals surface area (Å²) in [4.78, 5) is 1.51. The van der Waals surface area contributed by atoms with Crippen LogP contribution in [0.3, 0.4) is 0 Å². The second-order valence-corrected chi connectivity index (χ2v) is 17.5. The highest BCUT2D eigenvalue weighted by Crippen LogP contribution is 2.23. The molecule has 1 atom stereocenters. The van der Waals surface area contributed by atoms with Gasteiger partial charge in [0.25, 0.3) is 0 Å². The lowest BCUT2D eigenvalue weighted by Gasteiger charge is -2.12. The summed E-state index contributed by atoms with van der Waals surface area (Å²) in [6.45, 7) is 4.52. The van der Waals surface area contributed by atoms with Crippen LogP contribution in [0, 0.1) is 0 Å². The van der Waals surface area contributed by atoms with E-state index in [1.807, 2.05) is 30.0 Å². The quantitative estimate of drug-likeness (QED) is 0.0466. The third-order valence-electron chi connectivity index (χ3n) is 9.74. The van der Waals surface area contributed by atoms with Gasteiger partial charge in [-0.3, -0.25) is 0 Å². The average Bonchev–Trinajstić information content (AvgIpc) is 3.12. The topological polar surface area (TPSA) is 54.4 Å². The molecular formula is C44H72O3S2. The Hall–Kier alpha value is -1.56. The van der Waals surface area contributed by atoms with Crippen LogP contribution in [-0.2, 0) is 9.84 Å². The van der Waals surface area contributed by atoms with Gasteiger partial charge in [-0.15, -0.1) is 11.8 Å². The van der Waals surface area contributed by atoms with Crippen LogP contribution < -0.4 is 0 Å². The van der Waals surface area contributed by atoms with Crippen molar-refractivity contribution in [1.82, 2.24) is 0 Å². The number of unbranched alkanes of at least 4 members (excludes halogenated alkanes) is 23. The molecule has 2 aromatic carbocycles. The van der Waals surface area contributed by atoms with Crippen molar-refractivity contribution in [1.29, 1.82) is 0 Å². The van der Waals surface area contributed by atoms with Gasteiger partial charge >= 0.3 is 0 Å². The van der Waals surface area contributed by atoms with Crippen molar-refractivity contribution in [3.63, 3.8) is 0 Å². The molecule has 0 radical (unpaired) electrons. The van der Waals surface area contributed by atoms with Gasteiger partial charge in [-0.05, 0) is 60.4 Å². The zero-order valence-corrected chi connectivity index (χ0v) is 33.2. The fourth-order valence-corrected chi connectivity index (χ4v) is 8.64. The first kappa shape index (κ1) is 43.6. The summed E-state index contributed by atoms with van der Waals surface area (Å²) < 4.78 is 25.8. The van der Waals surface area contributed by atoms with E-state index in [0.29, 0.717) is 6.42 Å². The molecule has 5 heteroatoms. The first-order valence-electron chi connectivity index (χ1n) is 20.4. The van der Waals surface area contributed by atoms with E-state index in [4.69, 9.17) is 0 Å². The molecule has 0 spiro atoms. The van der Waals surface area contributed by atoms with Crippen LogP contribution in [0.1, 0.15) is 192 Å². The largest absolute Gasteiger partial charge is 0.377 e. The summed E-state index contributed by atoms with van der Waals surface area (Å²) in [7, 11) is -3.73. The zero-order chi connectivity index (χ0) is 35.3. The van der Waals surface area contributed by atoms with Crippen molar-refractivity contribution >= 4 is 33.8 Å². The Morgan fingerprint density at radius 3 is 1.27 bits per heavy atom. The first-order valence-corrected chi connectivity index (χ1v) is 22.9. The maximum absolute atomic E-state index is 12.9. The van der Waals surface area contributed by atoms with Crippen LogP contribution in [0.15, 0.2) is 58.3 Å². The fourth-order valence-electron chi connectivity index (χ4n) is 6.42. The van der Waals surface area contributed by atoms with E-state index in [-0.39, 0.29) is 4.90 Å². The Bertz CT molecular complexity index is 1170. The van der Waals surface area contributed by atoms with Gasteiger partial charge in [0, 0.05) is 4.90 Å². The van der Waals surface area contributed by atoms with Gasteiger partial charge in [0.2, 0.25) is 9.84 Å². The Morgan fingerprint density at radius 1 is 0.510 bits per heavy atom. The van der Waals surface area contributed by atoms with E-state index >= 15 is 0 Å². The molecule has 0 fully saturated rings. The third-order valence-corrected chi connectivity index (χ3v) is 12.7. The molecule has 0 aliphatic heterocycles. The molecular weight excluding hydrogens is 641 g/mol. The normalized spacial score (nSPS) is 12.6. The van der Waals surface area contributed by atoms with Gasteiger partial charge < -0.3 is 5.11 Å². The summed E-state index contributed by atoms with van der Waals surface area (Å²) in [6.07, 6.45) is 37.3. The highest BCUT2D eigenvalue weighted by atomic mass is 32.2. The maximum Gasteiger partial charge on any atom is 0.204 e. The predicted molar refractivity (Wildman–Crippen MR) is 217 cm³/mol. The minimum Gasteiger partial charge on any atom is -0.377 e. The number of hydrogen-bond donors (Lipinski definition) is 1. The van der Waals surface area contributed by atoms with Gasteiger partial charge in [0.05, 0.1) is 4.90 Å². The van der Waals surface area contributed by atoms with Gasteiger partial charge in [-0.25, -0.2) is 8.42 Å². The summed E-state index contributed by atoms with van der Waals surface area (Å²) in [6, 6.07) is 15.6. The highest BCUT2D eigenvalue weighted by molar-refractivity contribution is 7.99. The molecule has 1 unspecified atom stereocenters. The van der Waals surface area contributed by atoms with Crippen molar-refractivity contribution < 1.29 is 13.5 Å². The van der Waals surface area contributed by atoms with E-state index in [2.05, 4.69) is 44.2 Å². The zero-order valence-electron chi connectivity index (χ0n) is 31.5. The predicted octanol–water partition coefficient (Wildman–Crippen LogP) is 14.2. The van der Waals surface area contributed by atoms with Gasteiger partial charge in [-0.2, -0.15) is 0 Å². The SMILES string of the molecule is CCCCCCCCCCCCCCCCCCSc1ccc(C=Cc2ccc(S(=O)(=O)C(O)CCCCCCCCCCC)cc2)cc1. The minimum atomic E-state index is -3.73. The van der Waals surface area contributed by atoms with Crippen LogP contribution in [0.25, 0.3) is 12.2 Å². The van der Waals surface area contributed by atoms with Gasteiger partial charge in [-0.1, -0.05) is 198 Å². The van der Waals surface area contributed by atoms with E-state index in [1.54, 1.807) is 12.1 Å². The Labute approximate surface area is 307 Å². The Morgan fingerprint density at radius 2 is 0.857 bits per heavy atom. The molecule has 0 amide bonds. The molecule has 2 rings (SSSR count). The summed E-state index contributed by atoms with van der Waals surface area (Å²) >= 11 is 1.95. The van der Waals surface area contributed by atoms with Crippen molar-refractivity contribution in [2.24, 2.45) is 0 Å². The molecule has 0 saturated heterocycles. The van der Waals surface area contributed by atoms with E-state index < -0.39 is 15.3 Å². The van der Waals surface area contributed by atoms with Crippen molar-refractivity contribution in [3.8, 4) is 0 Å². The van der Waals surface area contributed by atoms with Crippen LogP contribution in [0.2, 0.25) is 0 Å². The van der Waals surface area contributed by atoms with E-state index in [9.17, 15) is 13.5 Å². The Kier molecular flexibility index (Phi) is 25.9. The highest BCUT2D eigenvalue weighted by Gasteiger charge is 2.24. The van der Waals surface area contributed by atoms with Crippen molar-refractivity contribution in [2.75, 3.05) is 5.75 Å². The standard InChI is InChI=1S/C44H72O3S2/c1-3-5-7-9-11-13-14-15-16-17-18-19-21-23-25-27-39-48-42-35-31-40(32-36-42)29-30-41-33-37-43(38-34-41)49(46,47)44(45)28-26-24-22-20-12-10-8-6-4-2/h29-38,44-45H,3-28,39H2,1-2H3. The third kappa shape index (κ3) is 21.4. The molecule has 2 aromatic rings. The first-order chi connectivity index (χ1) is 24.0. The van der Waals surface area contributed by atoms with Crippen LogP contribution in [0.5, 0.6) is 0 Å². The van der Waals surface area contributed by atoms with Gasteiger partial charge in [0.1, 0.15) is 0 Å². The molecule has 49 heavy (non-hydrogen) atoms. The number of aliphatic hydroxyl groups is 1. The second-order valence-electron chi connectivity index (χ2n) is 14.2. The minimum absolute atomic E-state index is 0.193. The number of thioether (sulfide) groups is 1. The number of hydrogen-bond acceptors (Lipinski definition) is 4. The summed E-state index contributed by atoms with van der Waals surface area (Å²) in [5, 5.41) is 10.4. The number of sulfone groups is 1. The number of rotatable bonds is 32. The molecule has 0 aliphatic carbocycles. The smallest absolute Gasteiger partial charge is 0.204 e. The number of benzene rings is 2. The van der Waals surface area contributed by atoms with Crippen molar-refractivity contribution in [2.45, 2.75) is 196 Å². The van der Waals surface area contributed by atoms with Crippen molar-refractivity contribution in [3.05, 3.63) is 59.7 Å². The van der Waals surface area contributed by atoms with E-state index in [0.717, 1.165) is 30.4 Å². The van der Waals surface area contributed by atoms with Gasteiger partial charge in [0.15, 0.2) is 5.44 Å². The molecule has 3 nitrogen and oxygen atoms in total. The number of aliphatic hydroxyl groups excluding tert-OH is 1. The Balaban J connectivity index is 1.54. The maximum atomic E-state index is 12.9. The van der Waals surface area contributed by atoms with Crippen LogP contribution in [0.4, 0.5) is 0 Å². The molecule has 0 bridgehead atoms. The average molecular weight is 713 g/mol. The molecule has 0 heterocycles. The van der Waals surface area contributed by atoms with Crippen LogP contribution in [-0.4, -0.2) is 24.7 Å². The molecule has 0 saturated carbocycles. The summed E-state index contributed by atoms with van der Waals surface area (Å²) in [5.74, 6) is 1.18. The lowest BCUT2D eigenvalue weighted by molar-refractivity contribution is 0.233. The fraction of sp³-hybridized carbons (Fsp3) is 0.682. The molecule has 0 aromatic heterocycles. The van der Waals surface area contributed by atoms with Crippen LogP contribution >= 0.6 is 11.8 Å². The van der Waals surface area contributed by atoms with E-state index in [1.165, 1.54) is 152 Å². The molecule has 0 aliphatic rings. The monoisotopic (exact) mass is 712 g/mol. The molecule has 278 valence electrons. The lowest BCUT2D eigenvalue weighted by atomic mass is 10.0. The second kappa shape index (κ2) is 29.1. The molecule has 1 N–H and O–H groups in total. The lowest BCUT2D eigenvalue weighted by Crippen LogP contribution is -2.20.